The third-order valence-corrected chi connectivity index (χ3v) is 4.08. The molecule has 21 heavy (non-hydrogen) atoms. The summed E-state index contributed by atoms with van der Waals surface area (Å²) < 4.78 is 5.11. The minimum atomic E-state index is -0.336. The number of ether oxygens (including phenoxy) is 1. The van der Waals surface area contributed by atoms with Gasteiger partial charge in [-0.25, -0.2) is 4.79 Å². The van der Waals surface area contributed by atoms with Gasteiger partial charge in [0.25, 0.3) is 0 Å². The Hall–Kier alpha value is -1.75. The number of aliphatic hydroxyl groups excluding tert-OH is 1. The van der Waals surface area contributed by atoms with Crippen LogP contribution in [0, 0.1) is 5.92 Å². The molecule has 5 nitrogen and oxygen atoms in total. The Balaban J connectivity index is 2.18. The molecular formula is C16H24N2O3. The molecule has 0 radical (unpaired) electrons. The molecule has 1 aromatic rings. The topological polar surface area (TPSA) is 75.8 Å². The van der Waals surface area contributed by atoms with E-state index in [0.717, 1.165) is 31.6 Å². The van der Waals surface area contributed by atoms with Crippen LogP contribution in [0.1, 0.15) is 37.0 Å². The molecule has 0 saturated carbocycles. The summed E-state index contributed by atoms with van der Waals surface area (Å²) in [5.41, 5.74) is 7.74. The molecule has 0 aliphatic carbocycles. The van der Waals surface area contributed by atoms with Crippen LogP contribution in [0.3, 0.4) is 0 Å². The molecule has 2 rings (SSSR count). The molecule has 0 bridgehead atoms. The molecule has 1 aliphatic heterocycles. The monoisotopic (exact) mass is 292 g/mol. The Morgan fingerprint density at radius 1 is 1.48 bits per heavy atom. The van der Waals surface area contributed by atoms with Crippen molar-refractivity contribution in [3.8, 4) is 0 Å². The number of carbonyl (C=O) groups excluding carboxylic acids is 1. The van der Waals surface area contributed by atoms with Crippen molar-refractivity contribution in [3.63, 3.8) is 0 Å². The zero-order valence-corrected chi connectivity index (χ0v) is 12.7. The Bertz CT molecular complexity index is 494. The average molecular weight is 292 g/mol. The predicted molar refractivity (Wildman–Crippen MR) is 83.4 cm³/mol. The summed E-state index contributed by atoms with van der Waals surface area (Å²) in [6.07, 6.45) is 1.57. The van der Waals surface area contributed by atoms with Crippen molar-refractivity contribution in [2.75, 3.05) is 30.3 Å². The van der Waals surface area contributed by atoms with Gasteiger partial charge in [-0.3, -0.25) is 0 Å². The van der Waals surface area contributed by atoms with Gasteiger partial charge >= 0.3 is 5.97 Å². The normalized spacial score (nSPS) is 17.6. The lowest BCUT2D eigenvalue weighted by atomic mass is 9.91. The first-order valence-corrected chi connectivity index (χ1v) is 7.52. The van der Waals surface area contributed by atoms with E-state index in [2.05, 4.69) is 4.90 Å². The summed E-state index contributed by atoms with van der Waals surface area (Å²) in [4.78, 5) is 14.3. The van der Waals surface area contributed by atoms with Gasteiger partial charge in [-0.1, -0.05) is 0 Å². The fraction of sp³-hybridized carbons (Fsp3) is 0.562. The summed E-state index contributed by atoms with van der Waals surface area (Å²) in [6, 6.07) is 5.36. The first-order valence-electron chi connectivity index (χ1n) is 7.52. The second-order valence-electron chi connectivity index (χ2n) is 5.56. The van der Waals surface area contributed by atoms with E-state index in [1.54, 1.807) is 19.1 Å². The fourth-order valence-corrected chi connectivity index (χ4v) is 2.82. The van der Waals surface area contributed by atoms with Gasteiger partial charge in [0.15, 0.2) is 0 Å². The number of esters is 1. The molecule has 3 N–H and O–H groups in total. The van der Waals surface area contributed by atoms with Crippen LogP contribution in [-0.2, 0) is 4.74 Å². The van der Waals surface area contributed by atoms with E-state index in [9.17, 15) is 9.90 Å². The van der Waals surface area contributed by atoms with Crippen LogP contribution in [0.4, 0.5) is 11.4 Å². The third-order valence-electron chi connectivity index (χ3n) is 4.08. The van der Waals surface area contributed by atoms with E-state index in [-0.39, 0.29) is 12.1 Å². The number of hydrogen-bond acceptors (Lipinski definition) is 5. The zero-order valence-electron chi connectivity index (χ0n) is 12.7. The predicted octanol–water partition coefficient (Wildman–Crippen LogP) is 2.04. The van der Waals surface area contributed by atoms with Crippen molar-refractivity contribution in [2.24, 2.45) is 5.92 Å². The van der Waals surface area contributed by atoms with Crippen molar-refractivity contribution in [2.45, 2.75) is 32.8 Å². The minimum Gasteiger partial charge on any atom is -0.462 e. The maximum Gasteiger partial charge on any atom is 0.340 e. The van der Waals surface area contributed by atoms with Crippen LogP contribution in [-0.4, -0.2) is 36.9 Å². The highest BCUT2D eigenvalue weighted by molar-refractivity contribution is 5.97. The number of anilines is 2. The lowest BCUT2D eigenvalue weighted by Gasteiger charge is -2.35. The van der Waals surface area contributed by atoms with Crippen molar-refractivity contribution < 1.29 is 14.6 Å². The van der Waals surface area contributed by atoms with E-state index in [4.69, 9.17) is 10.5 Å². The summed E-state index contributed by atoms with van der Waals surface area (Å²) >= 11 is 0. The Kier molecular flexibility index (Phi) is 5.07. The van der Waals surface area contributed by atoms with Crippen molar-refractivity contribution in [1.29, 1.82) is 0 Å². The molecule has 0 spiro atoms. The van der Waals surface area contributed by atoms with Crippen molar-refractivity contribution in [3.05, 3.63) is 23.8 Å². The van der Waals surface area contributed by atoms with Crippen LogP contribution < -0.4 is 10.6 Å². The zero-order chi connectivity index (χ0) is 15.4. The molecule has 116 valence electrons. The molecule has 0 aromatic heterocycles. The molecular weight excluding hydrogens is 268 g/mol. The van der Waals surface area contributed by atoms with Gasteiger partial charge in [-0.15, -0.1) is 0 Å². The number of benzene rings is 1. The number of nitrogen functional groups attached to an aromatic ring is 1. The van der Waals surface area contributed by atoms with Gasteiger partial charge in [0.2, 0.25) is 0 Å². The summed E-state index contributed by atoms with van der Waals surface area (Å²) in [6.45, 7) is 5.63. The number of nitrogens with two attached hydrogens (primary N) is 1. The number of piperidine rings is 1. The maximum absolute atomic E-state index is 12.1. The molecule has 1 saturated heterocycles. The Morgan fingerprint density at radius 3 is 2.71 bits per heavy atom. The third kappa shape index (κ3) is 3.67. The van der Waals surface area contributed by atoms with Gasteiger partial charge < -0.3 is 20.5 Å². The molecule has 1 aromatic carbocycles. The molecule has 1 aliphatic rings. The minimum absolute atomic E-state index is 0.275. The average Bonchev–Trinajstić information content (AvgIpc) is 2.47. The second kappa shape index (κ2) is 6.80. The molecule has 1 fully saturated rings. The van der Waals surface area contributed by atoms with Crippen molar-refractivity contribution >= 4 is 17.3 Å². The van der Waals surface area contributed by atoms with Crippen LogP contribution in [0.2, 0.25) is 0 Å². The largest absolute Gasteiger partial charge is 0.462 e. The highest BCUT2D eigenvalue weighted by atomic mass is 16.5. The lowest BCUT2D eigenvalue weighted by Crippen LogP contribution is -2.37. The van der Waals surface area contributed by atoms with Crippen LogP contribution >= 0.6 is 0 Å². The number of carbonyl (C=O) groups is 1. The highest BCUT2D eigenvalue weighted by Gasteiger charge is 2.25. The van der Waals surface area contributed by atoms with E-state index in [0.29, 0.717) is 23.8 Å². The summed E-state index contributed by atoms with van der Waals surface area (Å²) in [5.74, 6) is -0.00137. The number of hydrogen-bond donors (Lipinski definition) is 2. The number of nitrogens with zero attached hydrogens (tertiary/aromatic N) is 1. The maximum atomic E-state index is 12.1. The molecule has 5 heteroatoms. The highest BCUT2D eigenvalue weighted by Crippen LogP contribution is 2.29. The van der Waals surface area contributed by atoms with E-state index in [1.807, 2.05) is 13.0 Å². The first kappa shape index (κ1) is 15.6. The quantitative estimate of drug-likeness (QED) is 0.656. The summed E-state index contributed by atoms with van der Waals surface area (Å²) in [7, 11) is 0. The van der Waals surface area contributed by atoms with E-state index >= 15 is 0 Å². The molecule has 1 unspecified atom stereocenters. The van der Waals surface area contributed by atoms with Crippen LogP contribution in [0.15, 0.2) is 18.2 Å². The van der Waals surface area contributed by atoms with Crippen LogP contribution in [0.5, 0.6) is 0 Å². The van der Waals surface area contributed by atoms with E-state index < -0.39 is 0 Å². The SMILES string of the molecule is CCOC(=O)c1cc(N)ccc1N1CCC(C(C)O)CC1. The first-order chi connectivity index (χ1) is 10.0. The van der Waals surface area contributed by atoms with E-state index in [1.165, 1.54) is 0 Å². The van der Waals surface area contributed by atoms with Gasteiger partial charge in [-0.05, 0) is 50.8 Å². The summed E-state index contributed by atoms with van der Waals surface area (Å²) in [5, 5.41) is 9.67. The Labute approximate surface area is 125 Å². The fourth-order valence-electron chi connectivity index (χ4n) is 2.82. The Morgan fingerprint density at radius 2 is 2.14 bits per heavy atom. The standard InChI is InChI=1S/C16H24N2O3/c1-3-21-16(20)14-10-13(17)4-5-15(14)18-8-6-12(7-9-18)11(2)19/h4-5,10-12,19H,3,6-9,17H2,1-2H3. The van der Waals surface area contributed by atoms with Gasteiger partial charge in [0.05, 0.1) is 24.0 Å². The van der Waals surface area contributed by atoms with Crippen molar-refractivity contribution in [1.82, 2.24) is 0 Å². The molecule has 0 amide bonds. The molecule has 1 atom stereocenters. The number of aliphatic hydroxyl groups is 1. The smallest absolute Gasteiger partial charge is 0.340 e. The van der Waals surface area contributed by atoms with Gasteiger partial charge in [-0.2, -0.15) is 0 Å². The van der Waals surface area contributed by atoms with Gasteiger partial charge in [0, 0.05) is 18.8 Å². The lowest BCUT2D eigenvalue weighted by molar-refractivity contribution is 0.0526. The number of rotatable bonds is 4. The second-order valence-corrected chi connectivity index (χ2v) is 5.56. The van der Waals surface area contributed by atoms with Gasteiger partial charge in [0.1, 0.15) is 0 Å². The molecule has 1 heterocycles. The van der Waals surface area contributed by atoms with Crippen LogP contribution in [0.25, 0.3) is 0 Å².